The summed E-state index contributed by atoms with van der Waals surface area (Å²) in [6.07, 6.45) is 5.55. The second kappa shape index (κ2) is 9.09. The minimum Gasteiger partial charge on any atom is -0.495 e. The van der Waals surface area contributed by atoms with Gasteiger partial charge < -0.3 is 15.8 Å². The molecule has 2 aliphatic rings. The Morgan fingerprint density at radius 1 is 1.13 bits per heavy atom. The molecule has 0 unspecified atom stereocenters. The first-order valence-corrected chi connectivity index (χ1v) is 10.4. The van der Waals surface area contributed by atoms with Gasteiger partial charge >= 0.3 is 0 Å². The molecule has 1 saturated carbocycles. The van der Waals surface area contributed by atoms with Crippen LogP contribution in [0.2, 0.25) is 0 Å². The number of imidazole rings is 1. The van der Waals surface area contributed by atoms with Crippen LogP contribution < -0.4 is 15.8 Å². The van der Waals surface area contributed by atoms with Gasteiger partial charge in [-0.25, -0.2) is 27.7 Å². The van der Waals surface area contributed by atoms with Crippen LogP contribution in [0.5, 0.6) is 5.75 Å². The Morgan fingerprint density at radius 3 is 2.45 bits per heavy atom. The van der Waals surface area contributed by atoms with Crippen molar-refractivity contribution in [1.29, 1.82) is 0 Å². The molecule has 1 saturated heterocycles. The molecule has 1 aliphatic carbocycles. The molecule has 4 heterocycles. The highest BCUT2D eigenvalue weighted by atomic mass is 19.1. The van der Waals surface area contributed by atoms with Crippen molar-refractivity contribution in [2.24, 2.45) is 0 Å². The first-order valence-electron chi connectivity index (χ1n) is 10.4. The Kier molecular flexibility index (Phi) is 6.26. The Balaban J connectivity index is 0.000000282. The summed E-state index contributed by atoms with van der Waals surface area (Å²) in [6, 6.07) is 2.47. The molecular formula is C21H25F3N6O. The van der Waals surface area contributed by atoms with Crippen molar-refractivity contribution in [2.45, 2.75) is 44.2 Å². The number of methoxy groups -OCH3 is 1. The number of hydrogen-bond donors (Lipinski definition) is 2. The minimum atomic E-state index is -0.894. The van der Waals surface area contributed by atoms with Gasteiger partial charge in [0.1, 0.15) is 29.0 Å². The normalized spacial score (nSPS) is 17.2. The van der Waals surface area contributed by atoms with Crippen LogP contribution in [0, 0.1) is 11.6 Å². The van der Waals surface area contributed by atoms with Gasteiger partial charge in [-0.05, 0) is 38.8 Å². The van der Waals surface area contributed by atoms with Crippen LogP contribution in [0.15, 0.2) is 18.3 Å². The summed E-state index contributed by atoms with van der Waals surface area (Å²) in [4.78, 5) is 8.03. The van der Waals surface area contributed by atoms with E-state index in [1.165, 1.54) is 10.7 Å². The fourth-order valence-electron chi connectivity index (χ4n) is 3.65. The zero-order chi connectivity index (χ0) is 22.0. The molecule has 3 aromatic heterocycles. The second-order valence-electron chi connectivity index (χ2n) is 7.75. The number of rotatable bonds is 3. The molecule has 3 N–H and O–H groups in total. The topological polar surface area (TPSA) is 90.4 Å². The molecule has 0 atom stereocenters. The number of aromatic nitrogens is 4. The number of nitrogens with zero attached hydrogens (tertiary/aromatic N) is 4. The quantitative estimate of drug-likeness (QED) is 0.654. The monoisotopic (exact) mass is 434 g/mol. The third kappa shape index (κ3) is 4.43. The summed E-state index contributed by atoms with van der Waals surface area (Å²) in [5, 5.41) is 7.66. The van der Waals surface area contributed by atoms with Crippen LogP contribution in [-0.2, 0) is 0 Å². The van der Waals surface area contributed by atoms with Gasteiger partial charge in [0.05, 0.1) is 13.3 Å². The van der Waals surface area contributed by atoms with E-state index in [4.69, 9.17) is 10.5 Å². The highest BCUT2D eigenvalue weighted by Gasteiger charge is 2.26. The number of alkyl halides is 1. The lowest BCUT2D eigenvalue weighted by Gasteiger charge is -2.26. The summed E-state index contributed by atoms with van der Waals surface area (Å²) in [5.74, 6) is -1.10. The maximum atomic E-state index is 14.2. The molecule has 0 spiro atoms. The summed E-state index contributed by atoms with van der Waals surface area (Å²) in [6.45, 7) is 1.72. The van der Waals surface area contributed by atoms with Crippen molar-refractivity contribution >= 4 is 11.5 Å². The zero-order valence-electron chi connectivity index (χ0n) is 17.2. The number of fused-ring (bicyclic) bond motifs is 1. The predicted molar refractivity (Wildman–Crippen MR) is 111 cm³/mol. The molecule has 31 heavy (non-hydrogen) atoms. The van der Waals surface area contributed by atoms with Crippen LogP contribution in [0.3, 0.4) is 0 Å². The number of nitrogens with one attached hydrogen (secondary N) is 1. The average Bonchev–Trinajstić information content (AvgIpc) is 3.12. The van der Waals surface area contributed by atoms with E-state index in [-0.39, 0.29) is 11.5 Å². The molecule has 1 aliphatic heterocycles. The van der Waals surface area contributed by atoms with E-state index in [0.29, 0.717) is 41.9 Å². The van der Waals surface area contributed by atoms with E-state index < -0.39 is 17.8 Å². The fraction of sp³-hybridized carbons (Fsp3) is 0.476. The summed E-state index contributed by atoms with van der Waals surface area (Å²) in [7, 11) is 1.58. The van der Waals surface area contributed by atoms with Gasteiger partial charge in [-0.15, -0.1) is 0 Å². The Labute approximate surface area is 177 Å². The zero-order valence-corrected chi connectivity index (χ0v) is 17.2. The maximum absolute atomic E-state index is 14.2. The summed E-state index contributed by atoms with van der Waals surface area (Å²) in [5.41, 5.74) is 7.01. The van der Waals surface area contributed by atoms with Gasteiger partial charge in [-0.2, -0.15) is 5.10 Å². The van der Waals surface area contributed by atoms with Gasteiger partial charge in [0.2, 0.25) is 0 Å². The first kappa shape index (κ1) is 21.4. The van der Waals surface area contributed by atoms with E-state index >= 15 is 0 Å². The Bertz CT molecular complexity index is 1060. The Morgan fingerprint density at radius 2 is 1.87 bits per heavy atom. The SMILES string of the molecule is COc1cc2ncc(-c3nc(N)c(F)cc3F)n2nc1C1CCC1.FC1CCNCC1. The molecule has 0 aromatic carbocycles. The van der Waals surface area contributed by atoms with Gasteiger partial charge in [-0.1, -0.05) is 6.42 Å². The number of piperidine rings is 1. The van der Waals surface area contributed by atoms with E-state index in [2.05, 4.69) is 20.4 Å². The van der Waals surface area contributed by atoms with E-state index in [1.807, 2.05) is 0 Å². The lowest BCUT2D eigenvalue weighted by molar-refractivity contribution is 0.262. The number of hydrogen-bond acceptors (Lipinski definition) is 6. The summed E-state index contributed by atoms with van der Waals surface area (Å²) < 4.78 is 46.6. The second-order valence-corrected chi connectivity index (χ2v) is 7.75. The Hall–Kier alpha value is -2.88. The molecule has 7 nitrogen and oxygen atoms in total. The van der Waals surface area contributed by atoms with E-state index in [1.54, 1.807) is 13.2 Å². The van der Waals surface area contributed by atoms with Crippen molar-refractivity contribution in [3.63, 3.8) is 0 Å². The number of nitrogen functional groups attached to an aromatic ring is 1. The molecule has 0 radical (unpaired) electrons. The summed E-state index contributed by atoms with van der Waals surface area (Å²) >= 11 is 0. The first-order chi connectivity index (χ1) is 15.0. The largest absolute Gasteiger partial charge is 0.495 e. The average molecular weight is 434 g/mol. The third-order valence-electron chi connectivity index (χ3n) is 5.66. The van der Waals surface area contributed by atoms with Crippen molar-refractivity contribution in [1.82, 2.24) is 24.9 Å². The van der Waals surface area contributed by atoms with E-state index in [9.17, 15) is 13.2 Å². The molecule has 5 rings (SSSR count). The lowest BCUT2D eigenvalue weighted by Crippen LogP contribution is -2.28. The molecule has 166 valence electrons. The molecule has 10 heteroatoms. The fourth-order valence-corrected chi connectivity index (χ4v) is 3.65. The minimum absolute atomic E-state index is 0.0846. The third-order valence-corrected chi connectivity index (χ3v) is 5.66. The molecule has 2 fully saturated rings. The van der Waals surface area contributed by atoms with Gasteiger partial charge in [0.15, 0.2) is 23.1 Å². The van der Waals surface area contributed by atoms with Crippen LogP contribution >= 0.6 is 0 Å². The van der Waals surface area contributed by atoms with Crippen molar-refractivity contribution in [2.75, 3.05) is 25.9 Å². The van der Waals surface area contributed by atoms with Crippen molar-refractivity contribution in [3.05, 3.63) is 35.7 Å². The molecule has 0 bridgehead atoms. The standard InChI is InChI=1S/C16H15F2N5O.C5H10FN/c1-24-12-6-13-20-7-11(15-9(17)5-10(18)16(19)21-15)23(13)22-14(12)8-3-2-4-8;6-5-1-3-7-4-2-5/h5-8H,2-4H2,1H3,(H2,19,21);5,7H,1-4H2. The predicted octanol–water partition coefficient (Wildman–Crippen LogP) is 3.64. The number of ether oxygens (including phenoxy) is 1. The van der Waals surface area contributed by atoms with Gasteiger partial charge in [0.25, 0.3) is 0 Å². The number of anilines is 1. The van der Waals surface area contributed by atoms with Crippen molar-refractivity contribution < 1.29 is 17.9 Å². The molecule has 3 aromatic rings. The maximum Gasteiger partial charge on any atom is 0.168 e. The molecule has 0 amide bonds. The number of nitrogens with two attached hydrogens (primary N) is 1. The van der Waals surface area contributed by atoms with E-state index in [0.717, 1.165) is 38.0 Å². The smallest absolute Gasteiger partial charge is 0.168 e. The number of pyridine rings is 1. The highest BCUT2D eigenvalue weighted by Crippen LogP contribution is 2.40. The van der Waals surface area contributed by atoms with Crippen LogP contribution in [-0.4, -0.2) is 46.0 Å². The van der Waals surface area contributed by atoms with Crippen LogP contribution in [0.1, 0.15) is 43.7 Å². The van der Waals surface area contributed by atoms with Crippen LogP contribution in [0.25, 0.3) is 17.0 Å². The number of halogens is 3. The van der Waals surface area contributed by atoms with Crippen LogP contribution in [0.4, 0.5) is 19.0 Å². The van der Waals surface area contributed by atoms with Crippen molar-refractivity contribution in [3.8, 4) is 17.1 Å². The van der Waals surface area contributed by atoms with Gasteiger partial charge in [0, 0.05) is 18.1 Å². The lowest BCUT2D eigenvalue weighted by atomic mass is 9.82. The molecular weight excluding hydrogens is 409 g/mol. The highest BCUT2D eigenvalue weighted by molar-refractivity contribution is 5.62. The van der Waals surface area contributed by atoms with Gasteiger partial charge in [-0.3, -0.25) is 0 Å².